The van der Waals surface area contributed by atoms with Crippen molar-refractivity contribution < 1.29 is 29.1 Å². The molecular weight excluding hydrogens is 404 g/mol. The summed E-state index contributed by atoms with van der Waals surface area (Å²) in [6.07, 6.45) is 7.43. The number of nitrogens with two attached hydrogens (primary N) is 2. The molecule has 0 fully saturated rings. The Morgan fingerprint density at radius 2 is 1.29 bits per heavy atom. The van der Waals surface area contributed by atoms with E-state index in [9.17, 15) is 24.0 Å². The zero-order chi connectivity index (χ0) is 24.2. The maximum absolute atomic E-state index is 12.3. The third-order valence-corrected chi connectivity index (χ3v) is 4.10. The van der Waals surface area contributed by atoms with Gasteiger partial charge in [-0.15, -0.1) is 0 Å². The van der Waals surface area contributed by atoms with Gasteiger partial charge in [0.25, 0.3) is 0 Å². The summed E-state index contributed by atoms with van der Waals surface area (Å²) in [5.74, 6) is -4.52. The topological polar surface area (TPSA) is 182 Å². The summed E-state index contributed by atoms with van der Waals surface area (Å²) in [6.45, 7) is 6.39. The molecule has 0 bridgehead atoms. The van der Waals surface area contributed by atoms with E-state index >= 15 is 0 Å². The number of primary amides is 2. The van der Waals surface area contributed by atoms with Gasteiger partial charge < -0.3 is 27.2 Å². The maximum atomic E-state index is 12.3. The number of hydrogen-bond donors (Lipinski definition) is 5. The molecule has 10 nitrogen and oxygen atoms in total. The Bertz CT molecular complexity index is 568. The van der Waals surface area contributed by atoms with Gasteiger partial charge >= 0.3 is 5.97 Å². The van der Waals surface area contributed by atoms with Crippen molar-refractivity contribution in [3.8, 4) is 0 Å². The lowest BCUT2D eigenvalue weighted by Crippen LogP contribution is -2.54. The van der Waals surface area contributed by atoms with Gasteiger partial charge in [-0.25, -0.2) is 0 Å². The molecule has 0 heterocycles. The molecule has 2 unspecified atom stereocenters. The first-order valence-electron chi connectivity index (χ1n) is 11.0. The van der Waals surface area contributed by atoms with Crippen LogP contribution in [0.15, 0.2) is 0 Å². The Balaban J connectivity index is 0. The Morgan fingerprint density at radius 1 is 0.774 bits per heavy atom. The number of unbranched alkanes of at least 4 members (excludes halogenated alkanes) is 6. The minimum absolute atomic E-state index is 0.185. The summed E-state index contributed by atoms with van der Waals surface area (Å²) in [7, 11) is 0. The maximum Gasteiger partial charge on any atom is 0.305 e. The highest BCUT2D eigenvalue weighted by Gasteiger charge is 2.28. The quantitative estimate of drug-likeness (QED) is 0.224. The Hall–Kier alpha value is -2.65. The molecule has 0 spiro atoms. The molecule has 0 aliphatic rings. The van der Waals surface area contributed by atoms with Crippen molar-refractivity contribution in [1.29, 1.82) is 0 Å². The van der Waals surface area contributed by atoms with Gasteiger partial charge in [0.15, 0.2) is 0 Å². The van der Waals surface area contributed by atoms with Gasteiger partial charge in [-0.1, -0.05) is 65.7 Å². The number of nitrogens with one attached hydrogen (secondary N) is 2. The van der Waals surface area contributed by atoms with Crippen LogP contribution in [0, 0.1) is 0 Å². The third kappa shape index (κ3) is 19.1. The molecule has 0 rings (SSSR count). The molecule has 0 saturated carbocycles. The van der Waals surface area contributed by atoms with E-state index in [2.05, 4.69) is 31.4 Å². The molecular formula is C21H40N4O6. The van der Waals surface area contributed by atoms with Gasteiger partial charge in [0.1, 0.15) is 12.1 Å². The number of aliphatic carboxylic acids is 1. The molecule has 31 heavy (non-hydrogen) atoms. The number of carbonyl (C=O) groups excluding carboxylic acids is 4. The van der Waals surface area contributed by atoms with Gasteiger partial charge in [-0.3, -0.25) is 24.0 Å². The molecule has 180 valence electrons. The SMILES string of the molecule is CCC.CCCCCCCCCC(=O)NC(CC(N)=O)C(=O)NC(CC(=O)O)C(N)=O. The molecule has 0 aliphatic heterocycles. The second-order valence-electron chi connectivity index (χ2n) is 7.43. The predicted molar refractivity (Wildman–Crippen MR) is 118 cm³/mol. The fourth-order valence-corrected chi connectivity index (χ4v) is 2.59. The fourth-order valence-electron chi connectivity index (χ4n) is 2.59. The summed E-state index contributed by atoms with van der Waals surface area (Å²) in [4.78, 5) is 57.5. The van der Waals surface area contributed by atoms with E-state index in [4.69, 9.17) is 16.6 Å². The van der Waals surface area contributed by atoms with Crippen LogP contribution in [0.2, 0.25) is 0 Å². The first kappa shape index (κ1) is 30.5. The highest BCUT2D eigenvalue weighted by molar-refractivity contribution is 5.95. The second-order valence-corrected chi connectivity index (χ2v) is 7.43. The average molecular weight is 445 g/mol. The monoisotopic (exact) mass is 444 g/mol. The number of carbonyl (C=O) groups is 5. The van der Waals surface area contributed by atoms with Crippen LogP contribution >= 0.6 is 0 Å². The zero-order valence-corrected chi connectivity index (χ0v) is 19.1. The summed E-state index contributed by atoms with van der Waals surface area (Å²) in [5.41, 5.74) is 10.2. The van der Waals surface area contributed by atoms with Crippen LogP contribution in [0.5, 0.6) is 0 Å². The first-order chi connectivity index (χ1) is 14.6. The van der Waals surface area contributed by atoms with Crippen LogP contribution in [0.3, 0.4) is 0 Å². The largest absolute Gasteiger partial charge is 0.481 e. The van der Waals surface area contributed by atoms with E-state index in [1.54, 1.807) is 0 Å². The van der Waals surface area contributed by atoms with Crippen molar-refractivity contribution in [1.82, 2.24) is 10.6 Å². The molecule has 0 saturated heterocycles. The van der Waals surface area contributed by atoms with Crippen molar-refractivity contribution >= 4 is 29.6 Å². The molecule has 10 heteroatoms. The van der Waals surface area contributed by atoms with Crippen molar-refractivity contribution in [3.05, 3.63) is 0 Å². The molecule has 0 aliphatic carbocycles. The van der Waals surface area contributed by atoms with E-state index < -0.39 is 54.5 Å². The van der Waals surface area contributed by atoms with Crippen LogP contribution in [0.1, 0.15) is 91.4 Å². The minimum Gasteiger partial charge on any atom is -0.481 e. The van der Waals surface area contributed by atoms with Gasteiger partial charge in [-0.2, -0.15) is 0 Å². The van der Waals surface area contributed by atoms with Crippen LogP contribution in [-0.4, -0.2) is 46.8 Å². The Morgan fingerprint density at radius 3 is 1.74 bits per heavy atom. The van der Waals surface area contributed by atoms with E-state index in [1.807, 2.05) is 0 Å². The Labute approximate surface area is 184 Å². The predicted octanol–water partition coefficient (Wildman–Crippen LogP) is 1.35. The Kier molecular flexibility index (Phi) is 19.0. The number of amides is 4. The molecule has 7 N–H and O–H groups in total. The molecule has 0 aromatic rings. The molecule has 2 atom stereocenters. The van der Waals surface area contributed by atoms with Crippen LogP contribution in [-0.2, 0) is 24.0 Å². The number of carboxylic acid groups (broad SMARTS) is 1. The van der Waals surface area contributed by atoms with Gasteiger partial charge in [0.2, 0.25) is 23.6 Å². The van der Waals surface area contributed by atoms with E-state index in [0.29, 0.717) is 6.42 Å². The van der Waals surface area contributed by atoms with Gasteiger partial charge in [0, 0.05) is 6.42 Å². The van der Waals surface area contributed by atoms with Crippen molar-refractivity contribution in [3.63, 3.8) is 0 Å². The van der Waals surface area contributed by atoms with E-state index in [1.165, 1.54) is 19.3 Å². The van der Waals surface area contributed by atoms with Crippen molar-refractivity contribution in [2.24, 2.45) is 11.5 Å². The summed E-state index contributed by atoms with van der Waals surface area (Å²) < 4.78 is 0. The highest BCUT2D eigenvalue weighted by Crippen LogP contribution is 2.08. The van der Waals surface area contributed by atoms with Gasteiger partial charge in [0.05, 0.1) is 12.8 Å². The smallest absolute Gasteiger partial charge is 0.305 e. The van der Waals surface area contributed by atoms with Crippen LogP contribution in [0.25, 0.3) is 0 Å². The standard InChI is InChI=1S/C18H32N4O6.C3H8/c1-2-3-4-5-6-7-8-9-15(24)21-13(10-14(19)23)18(28)22-12(17(20)27)11-16(25)26;1-3-2/h12-13H,2-11H2,1H3,(H2,19,23)(H2,20,27)(H,21,24)(H,22,28)(H,25,26);3H2,1-2H3. The minimum atomic E-state index is -1.46. The fraction of sp³-hybridized carbons (Fsp3) is 0.762. The van der Waals surface area contributed by atoms with Crippen molar-refractivity contribution in [2.75, 3.05) is 0 Å². The number of hydrogen-bond acceptors (Lipinski definition) is 5. The van der Waals surface area contributed by atoms with Gasteiger partial charge in [-0.05, 0) is 6.42 Å². The van der Waals surface area contributed by atoms with Crippen molar-refractivity contribution in [2.45, 2.75) is 103 Å². The number of rotatable bonds is 16. The molecule has 0 radical (unpaired) electrons. The second kappa shape index (κ2) is 19.3. The molecule has 0 aromatic heterocycles. The lowest BCUT2D eigenvalue weighted by Gasteiger charge is -2.20. The summed E-state index contributed by atoms with van der Waals surface area (Å²) >= 11 is 0. The third-order valence-electron chi connectivity index (χ3n) is 4.10. The molecule has 0 aromatic carbocycles. The van der Waals surface area contributed by atoms with E-state index in [0.717, 1.165) is 25.7 Å². The zero-order valence-electron chi connectivity index (χ0n) is 19.1. The van der Waals surface area contributed by atoms with Crippen LogP contribution < -0.4 is 22.1 Å². The first-order valence-corrected chi connectivity index (χ1v) is 11.0. The average Bonchev–Trinajstić information content (AvgIpc) is 2.66. The molecule has 4 amide bonds. The summed E-state index contributed by atoms with van der Waals surface area (Å²) in [5, 5.41) is 13.3. The van der Waals surface area contributed by atoms with E-state index in [-0.39, 0.29) is 6.42 Å². The summed E-state index contributed by atoms with van der Waals surface area (Å²) in [6, 6.07) is -2.76. The number of carboxylic acids is 1. The normalized spacial score (nSPS) is 12.0. The lowest BCUT2D eigenvalue weighted by molar-refractivity contribution is -0.140. The lowest BCUT2D eigenvalue weighted by atomic mass is 10.1. The highest BCUT2D eigenvalue weighted by atomic mass is 16.4. The van der Waals surface area contributed by atoms with Crippen LogP contribution in [0.4, 0.5) is 0 Å².